The number of benzene rings is 3. The van der Waals surface area contributed by atoms with E-state index in [4.69, 9.17) is 23.2 Å². The normalized spacial score (nSPS) is 14.5. The summed E-state index contributed by atoms with van der Waals surface area (Å²) < 4.78 is 0. The molecular formula is C29H30Cl2N2O2. The summed E-state index contributed by atoms with van der Waals surface area (Å²) in [6.45, 7) is 0.245. The minimum atomic E-state index is -0.666. The smallest absolute Gasteiger partial charge is 0.243 e. The van der Waals surface area contributed by atoms with E-state index in [0.29, 0.717) is 16.5 Å². The number of carbonyl (C=O) groups excluding carboxylic acids is 2. The lowest BCUT2D eigenvalue weighted by molar-refractivity contribution is -0.141. The molecule has 1 atom stereocenters. The lowest BCUT2D eigenvalue weighted by Gasteiger charge is -2.32. The zero-order valence-corrected chi connectivity index (χ0v) is 21.1. The molecule has 3 aromatic carbocycles. The summed E-state index contributed by atoms with van der Waals surface area (Å²) in [5, 5.41) is 4.37. The standard InChI is InChI=1S/C29H30Cl2N2O2/c30-24-13-8-11-22(17-24)19-28(34)33(20-23-12-4-7-16-26(23)31)27(18-21-9-2-1-3-10-21)29(35)32-25-14-5-6-15-25/h1-4,7-13,16-17,25,27H,5-6,14-15,18-20H2,(H,32,35). The van der Waals surface area contributed by atoms with Gasteiger partial charge in [0.15, 0.2) is 0 Å². The fourth-order valence-electron chi connectivity index (χ4n) is 4.65. The molecule has 1 saturated carbocycles. The molecule has 35 heavy (non-hydrogen) atoms. The monoisotopic (exact) mass is 508 g/mol. The topological polar surface area (TPSA) is 49.4 Å². The van der Waals surface area contributed by atoms with Crippen molar-refractivity contribution in [3.8, 4) is 0 Å². The number of rotatable bonds is 9. The summed E-state index contributed by atoms with van der Waals surface area (Å²) in [6, 6.07) is 24.1. The predicted molar refractivity (Wildman–Crippen MR) is 141 cm³/mol. The molecule has 4 nitrogen and oxygen atoms in total. The molecule has 1 unspecified atom stereocenters. The molecule has 0 spiro atoms. The van der Waals surface area contributed by atoms with Crippen molar-refractivity contribution in [3.05, 3.63) is 106 Å². The Hall–Kier alpha value is -2.82. The Morgan fingerprint density at radius 3 is 2.29 bits per heavy atom. The van der Waals surface area contributed by atoms with Gasteiger partial charge in [-0.05, 0) is 47.7 Å². The van der Waals surface area contributed by atoms with Crippen molar-refractivity contribution in [3.63, 3.8) is 0 Å². The minimum Gasteiger partial charge on any atom is -0.352 e. The van der Waals surface area contributed by atoms with E-state index >= 15 is 0 Å². The molecule has 1 aliphatic carbocycles. The number of amides is 2. The maximum absolute atomic E-state index is 13.8. The molecule has 3 aromatic rings. The maximum atomic E-state index is 13.8. The van der Waals surface area contributed by atoms with Crippen LogP contribution in [0, 0.1) is 0 Å². The van der Waals surface area contributed by atoms with Gasteiger partial charge in [-0.15, -0.1) is 0 Å². The van der Waals surface area contributed by atoms with Crippen molar-refractivity contribution in [2.24, 2.45) is 0 Å². The van der Waals surface area contributed by atoms with Gasteiger partial charge >= 0.3 is 0 Å². The average Bonchev–Trinajstić information content (AvgIpc) is 3.36. The molecule has 0 aromatic heterocycles. The van der Waals surface area contributed by atoms with E-state index in [9.17, 15) is 9.59 Å². The second kappa shape index (κ2) is 12.2. The number of halogens is 2. The first kappa shape index (κ1) is 25.3. The molecule has 1 fully saturated rings. The zero-order valence-electron chi connectivity index (χ0n) is 19.6. The Morgan fingerprint density at radius 2 is 1.57 bits per heavy atom. The van der Waals surface area contributed by atoms with E-state index in [0.717, 1.165) is 42.4 Å². The molecule has 6 heteroatoms. The summed E-state index contributed by atoms with van der Waals surface area (Å²) in [5.41, 5.74) is 2.61. The van der Waals surface area contributed by atoms with E-state index < -0.39 is 6.04 Å². The highest BCUT2D eigenvalue weighted by molar-refractivity contribution is 6.31. The molecule has 2 amide bonds. The van der Waals surface area contributed by atoms with Gasteiger partial charge in [0.2, 0.25) is 11.8 Å². The third-order valence-electron chi connectivity index (χ3n) is 6.52. The van der Waals surface area contributed by atoms with Gasteiger partial charge in [-0.2, -0.15) is 0 Å². The SMILES string of the molecule is O=C(NC1CCCC1)C(Cc1ccccc1)N(Cc1ccccc1Cl)C(=O)Cc1cccc(Cl)c1. The fraction of sp³-hybridized carbons (Fsp3) is 0.310. The van der Waals surface area contributed by atoms with Gasteiger partial charge in [0.05, 0.1) is 6.42 Å². The third kappa shape index (κ3) is 7.09. The van der Waals surface area contributed by atoms with E-state index in [1.54, 1.807) is 23.1 Å². The summed E-state index contributed by atoms with van der Waals surface area (Å²) in [6.07, 6.45) is 4.75. The van der Waals surface area contributed by atoms with Crippen LogP contribution in [0.3, 0.4) is 0 Å². The van der Waals surface area contributed by atoms with Gasteiger partial charge in [0.25, 0.3) is 0 Å². The van der Waals surface area contributed by atoms with Crippen LogP contribution < -0.4 is 5.32 Å². The predicted octanol–water partition coefficient (Wildman–Crippen LogP) is 6.23. The van der Waals surface area contributed by atoms with Crippen LogP contribution in [-0.2, 0) is 29.0 Å². The molecule has 0 heterocycles. The Kier molecular flexibility index (Phi) is 8.84. The number of hydrogen-bond acceptors (Lipinski definition) is 2. The Labute approximate surface area is 217 Å². The van der Waals surface area contributed by atoms with Crippen molar-refractivity contribution >= 4 is 35.0 Å². The van der Waals surface area contributed by atoms with E-state index in [2.05, 4.69) is 5.32 Å². The van der Waals surface area contributed by atoms with Gasteiger partial charge in [0, 0.05) is 29.1 Å². The van der Waals surface area contributed by atoms with Gasteiger partial charge in [-0.25, -0.2) is 0 Å². The Balaban J connectivity index is 1.67. The molecule has 182 valence electrons. The summed E-state index contributed by atoms with van der Waals surface area (Å²) in [7, 11) is 0. The molecule has 0 bridgehead atoms. The first-order valence-electron chi connectivity index (χ1n) is 12.1. The van der Waals surface area contributed by atoms with Gasteiger partial charge < -0.3 is 10.2 Å². The average molecular weight is 509 g/mol. The van der Waals surface area contributed by atoms with Gasteiger partial charge in [-0.1, -0.05) is 96.7 Å². The third-order valence-corrected chi connectivity index (χ3v) is 7.12. The second-order valence-electron chi connectivity index (χ2n) is 9.12. The van der Waals surface area contributed by atoms with Crippen LogP contribution in [0.4, 0.5) is 0 Å². The second-order valence-corrected chi connectivity index (χ2v) is 9.96. The van der Waals surface area contributed by atoms with E-state index in [1.807, 2.05) is 60.7 Å². The maximum Gasteiger partial charge on any atom is 0.243 e. The molecule has 0 radical (unpaired) electrons. The molecule has 0 saturated heterocycles. The summed E-state index contributed by atoms with van der Waals surface area (Å²) >= 11 is 12.6. The highest BCUT2D eigenvalue weighted by Gasteiger charge is 2.32. The molecular weight excluding hydrogens is 479 g/mol. The summed E-state index contributed by atoms with van der Waals surface area (Å²) in [5.74, 6) is -0.262. The van der Waals surface area contributed by atoms with Gasteiger partial charge in [0.1, 0.15) is 6.04 Å². The van der Waals surface area contributed by atoms with Crippen molar-refractivity contribution < 1.29 is 9.59 Å². The van der Waals surface area contributed by atoms with Crippen molar-refractivity contribution in [2.45, 2.75) is 57.2 Å². The van der Waals surface area contributed by atoms with Crippen molar-refractivity contribution in [2.75, 3.05) is 0 Å². The lowest BCUT2D eigenvalue weighted by atomic mass is 10.0. The highest BCUT2D eigenvalue weighted by atomic mass is 35.5. The van der Waals surface area contributed by atoms with E-state index in [-0.39, 0.29) is 30.8 Å². The zero-order chi connectivity index (χ0) is 24.6. The van der Waals surface area contributed by atoms with Gasteiger partial charge in [-0.3, -0.25) is 9.59 Å². The van der Waals surface area contributed by atoms with Crippen LogP contribution in [-0.4, -0.2) is 28.8 Å². The van der Waals surface area contributed by atoms with Crippen LogP contribution in [0.25, 0.3) is 0 Å². The molecule has 1 aliphatic rings. The van der Waals surface area contributed by atoms with Crippen LogP contribution >= 0.6 is 23.2 Å². The van der Waals surface area contributed by atoms with Crippen LogP contribution in [0.1, 0.15) is 42.4 Å². The molecule has 0 aliphatic heterocycles. The first-order chi connectivity index (χ1) is 17.0. The first-order valence-corrected chi connectivity index (χ1v) is 12.9. The number of nitrogens with one attached hydrogen (secondary N) is 1. The Morgan fingerprint density at radius 1 is 0.886 bits per heavy atom. The van der Waals surface area contributed by atoms with Crippen LogP contribution in [0.5, 0.6) is 0 Å². The van der Waals surface area contributed by atoms with Crippen LogP contribution in [0.2, 0.25) is 10.0 Å². The lowest BCUT2D eigenvalue weighted by Crippen LogP contribution is -2.52. The minimum absolute atomic E-state index is 0.118. The number of carbonyl (C=O) groups is 2. The number of nitrogens with zero attached hydrogens (tertiary/aromatic N) is 1. The van der Waals surface area contributed by atoms with Crippen molar-refractivity contribution in [1.29, 1.82) is 0 Å². The molecule has 4 rings (SSSR count). The van der Waals surface area contributed by atoms with E-state index in [1.165, 1.54) is 0 Å². The van der Waals surface area contributed by atoms with Crippen molar-refractivity contribution in [1.82, 2.24) is 10.2 Å². The largest absolute Gasteiger partial charge is 0.352 e. The molecule has 1 N–H and O–H groups in total. The fourth-order valence-corrected chi connectivity index (χ4v) is 5.06. The van der Waals surface area contributed by atoms with Crippen LogP contribution in [0.15, 0.2) is 78.9 Å². The quantitative estimate of drug-likeness (QED) is 0.372. The summed E-state index contributed by atoms with van der Waals surface area (Å²) in [4.78, 5) is 29.1. The Bertz CT molecular complexity index is 1150. The number of hydrogen-bond donors (Lipinski definition) is 1. The highest BCUT2D eigenvalue weighted by Crippen LogP contribution is 2.23.